The lowest BCUT2D eigenvalue weighted by Gasteiger charge is -2.36. The molecule has 4 nitrogen and oxygen atoms in total. The Morgan fingerprint density at radius 2 is 2.42 bits per heavy atom. The van der Waals surface area contributed by atoms with Gasteiger partial charge in [-0.15, -0.1) is 11.3 Å². The number of hydrogen-bond donors (Lipinski definition) is 2. The second-order valence-corrected chi connectivity index (χ2v) is 6.77. The first-order chi connectivity index (χ1) is 8.90. The van der Waals surface area contributed by atoms with Crippen molar-refractivity contribution in [1.82, 2.24) is 10.3 Å². The fourth-order valence-corrected chi connectivity index (χ4v) is 3.58. The molecule has 19 heavy (non-hydrogen) atoms. The summed E-state index contributed by atoms with van der Waals surface area (Å²) in [5, 5.41) is 5.97. The molecule has 106 valence electrons. The van der Waals surface area contributed by atoms with Crippen LogP contribution in [-0.4, -0.2) is 16.4 Å². The molecular formula is C14H23N3OS. The SMILES string of the molecule is Cc1csc(C(C)NC(=O)C2(N)CCCC(C)C2)n1. The van der Waals surface area contributed by atoms with E-state index in [0.717, 1.165) is 30.0 Å². The number of aryl methyl sites for hydroxylation is 1. The van der Waals surface area contributed by atoms with E-state index in [1.54, 1.807) is 11.3 Å². The van der Waals surface area contributed by atoms with Gasteiger partial charge in [-0.1, -0.05) is 19.8 Å². The number of thiazole rings is 1. The van der Waals surface area contributed by atoms with Crippen LogP contribution in [-0.2, 0) is 4.79 Å². The molecule has 1 aromatic rings. The lowest BCUT2D eigenvalue weighted by molar-refractivity contribution is -0.128. The molecule has 1 aromatic heterocycles. The second-order valence-electron chi connectivity index (χ2n) is 5.88. The van der Waals surface area contributed by atoms with Crippen molar-refractivity contribution in [3.8, 4) is 0 Å². The van der Waals surface area contributed by atoms with E-state index in [2.05, 4.69) is 17.2 Å². The zero-order valence-electron chi connectivity index (χ0n) is 11.9. The lowest BCUT2D eigenvalue weighted by Crippen LogP contribution is -2.56. The number of nitrogens with one attached hydrogen (secondary N) is 1. The van der Waals surface area contributed by atoms with Gasteiger partial charge in [-0.05, 0) is 32.6 Å². The highest BCUT2D eigenvalue weighted by molar-refractivity contribution is 7.09. The third-order valence-electron chi connectivity index (χ3n) is 3.84. The summed E-state index contributed by atoms with van der Waals surface area (Å²) in [5.41, 5.74) is 6.59. The van der Waals surface area contributed by atoms with Crippen LogP contribution in [0.1, 0.15) is 56.3 Å². The van der Waals surface area contributed by atoms with Gasteiger partial charge in [0, 0.05) is 11.1 Å². The Morgan fingerprint density at radius 3 is 3.00 bits per heavy atom. The maximum atomic E-state index is 12.4. The van der Waals surface area contributed by atoms with Crippen LogP contribution in [0.2, 0.25) is 0 Å². The quantitative estimate of drug-likeness (QED) is 0.894. The highest BCUT2D eigenvalue weighted by atomic mass is 32.1. The van der Waals surface area contributed by atoms with Crippen molar-refractivity contribution in [1.29, 1.82) is 0 Å². The van der Waals surface area contributed by atoms with Crippen molar-refractivity contribution in [3.05, 3.63) is 16.1 Å². The highest BCUT2D eigenvalue weighted by Crippen LogP contribution is 2.31. The smallest absolute Gasteiger partial charge is 0.240 e. The fraction of sp³-hybridized carbons (Fsp3) is 0.714. The summed E-state index contributed by atoms with van der Waals surface area (Å²) in [7, 11) is 0. The summed E-state index contributed by atoms with van der Waals surface area (Å²) in [6.45, 7) is 6.09. The molecule has 1 saturated carbocycles. The van der Waals surface area contributed by atoms with Gasteiger partial charge in [-0.2, -0.15) is 0 Å². The number of nitrogens with zero attached hydrogens (tertiary/aromatic N) is 1. The summed E-state index contributed by atoms with van der Waals surface area (Å²) in [4.78, 5) is 16.8. The van der Waals surface area contributed by atoms with Crippen LogP contribution in [0.5, 0.6) is 0 Å². The van der Waals surface area contributed by atoms with E-state index in [-0.39, 0.29) is 11.9 Å². The normalized spacial score (nSPS) is 28.9. The zero-order valence-corrected chi connectivity index (χ0v) is 12.7. The van der Waals surface area contributed by atoms with Crippen LogP contribution < -0.4 is 11.1 Å². The number of nitrogens with two attached hydrogens (primary N) is 1. The van der Waals surface area contributed by atoms with E-state index in [1.807, 2.05) is 19.2 Å². The first-order valence-electron chi connectivity index (χ1n) is 6.92. The molecule has 5 heteroatoms. The Kier molecular flexibility index (Phi) is 4.26. The number of aromatic nitrogens is 1. The Balaban J connectivity index is 2.00. The molecule has 1 aliphatic carbocycles. The van der Waals surface area contributed by atoms with Gasteiger partial charge in [0.15, 0.2) is 0 Å². The first-order valence-corrected chi connectivity index (χ1v) is 7.80. The van der Waals surface area contributed by atoms with Crippen molar-refractivity contribution in [2.24, 2.45) is 11.7 Å². The average Bonchev–Trinajstić information content (AvgIpc) is 2.75. The van der Waals surface area contributed by atoms with Gasteiger partial charge >= 0.3 is 0 Å². The Bertz CT molecular complexity index is 459. The summed E-state index contributed by atoms with van der Waals surface area (Å²) in [5.74, 6) is 0.501. The molecule has 0 radical (unpaired) electrons. The molecule has 0 aromatic carbocycles. The molecule has 1 heterocycles. The third-order valence-corrected chi connectivity index (χ3v) is 4.98. The summed E-state index contributed by atoms with van der Waals surface area (Å²) in [6.07, 6.45) is 3.78. The van der Waals surface area contributed by atoms with Gasteiger partial charge in [-0.25, -0.2) is 4.98 Å². The van der Waals surface area contributed by atoms with Crippen LogP contribution in [0.15, 0.2) is 5.38 Å². The Morgan fingerprint density at radius 1 is 1.68 bits per heavy atom. The molecule has 3 N–H and O–H groups in total. The summed E-state index contributed by atoms with van der Waals surface area (Å²) >= 11 is 1.58. The zero-order chi connectivity index (χ0) is 14.0. The average molecular weight is 281 g/mol. The molecule has 0 aliphatic heterocycles. The van der Waals surface area contributed by atoms with Crippen LogP contribution >= 0.6 is 11.3 Å². The van der Waals surface area contributed by atoms with Crippen molar-refractivity contribution in [3.63, 3.8) is 0 Å². The van der Waals surface area contributed by atoms with E-state index in [1.165, 1.54) is 6.42 Å². The lowest BCUT2D eigenvalue weighted by atomic mass is 9.76. The van der Waals surface area contributed by atoms with Gasteiger partial charge < -0.3 is 11.1 Å². The predicted octanol–water partition coefficient (Wildman–Crippen LogP) is 2.54. The molecule has 0 saturated heterocycles. The summed E-state index contributed by atoms with van der Waals surface area (Å²) < 4.78 is 0. The number of carbonyl (C=O) groups is 1. The molecule has 3 unspecified atom stereocenters. The maximum Gasteiger partial charge on any atom is 0.240 e. The maximum absolute atomic E-state index is 12.4. The van der Waals surface area contributed by atoms with Gasteiger partial charge in [-0.3, -0.25) is 4.79 Å². The molecule has 1 fully saturated rings. The largest absolute Gasteiger partial charge is 0.346 e. The van der Waals surface area contributed by atoms with Gasteiger partial charge in [0.25, 0.3) is 0 Å². The van der Waals surface area contributed by atoms with Crippen molar-refractivity contribution in [2.75, 3.05) is 0 Å². The first kappa shape index (κ1) is 14.5. The minimum Gasteiger partial charge on any atom is -0.346 e. The standard InChI is InChI=1S/C14H23N3OS/c1-9-5-4-6-14(15,7-9)13(18)17-11(3)12-16-10(2)8-19-12/h8-9,11H,4-7,15H2,1-3H3,(H,17,18). The van der Waals surface area contributed by atoms with Crippen molar-refractivity contribution < 1.29 is 4.79 Å². The van der Waals surface area contributed by atoms with E-state index in [4.69, 9.17) is 5.73 Å². The van der Waals surface area contributed by atoms with E-state index in [9.17, 15) is 4.79 Å². The molecule has 1 amide bonds. The molecule has 2 rings (SSSR count). The Hall–Kier alpha value is -0.940. The van der Waals surface area contributed by atoms with Crippen LogP contribution in [0, 0.1) is 12.8 Å². The van der Waals surface area contributed by atoms with Gasteiger partial charge in [0.2, 0.25) is 5.91 Å². The van der Waals surface area contributed by atoms with E-state index in [0.29, 0.717) is 5.92 Å². The van der Waals surface area contributed by atoms with Crippen molar-refractivity contribution >= 4 is 17.2 Å². The molecule has 0 bridgehead atoms. The topological polar surface area (TPSA) is 68.0 Å². The second kappa shape index (κ2) is 5.59. The van der Waals surface area contributed by atoms with Crippen molar-refractivity contribution in [2.45, 2.75) is 58.0 Å². The van der Waals surface area contributed by atoms with E-state index >= 15 is 0 Å². The third kappa shape index (κ3) is 3.34. The monoisotopic (exact) mass is 281 g/mol. The molecular weight excluding hydrogens is 258 g/mol. The molecule has 3 atom stereocenters. The van der Waals surface area contributed by atoms with E-state index < -0.39 is 5.54 Å². The predicted molar refractivity (Wildman–Crippen MR) is 78.0 cm³/mol. The van der Waals surface area contributed by atoms with Gasteiger partial charge in [0.05, 0.1) is 11.6 Å². The molecule has 0 spiro atoms. The number of amides is 1. The van der Waals surface area contributed by atoms with Gasteiger partial charge in [0.1, 0.15) is 5.01 Å². The van der Waals surface area contributed by atoms with Crippen LogP contribution in [0.4, 0.5) is 0 Å². The summed E-state index contributed by atoms with van der Waals surface area (Å²) in [6, 6.07) is -0.0659. The minimum atomic E-state index is -0.696. The van der Waals surface area contributed by atoms with Crippen LogP contribution in [0.25, 0.3) is 0 Å². The molecule has 1 aliphatic rings. The highest BCUT2D eigenvalue weighted by Gasteiger charge is 2.38. The fourth-order valence-electron chi connectivity index (χ4n) is 2.77. The van der Waals surface area contributed by atoms with Crippen LogP contribution in [0.3, 0.4) is 0 Å². The minimum absolute atomic E-state index is 0.0283. The number of carbonyl (C=O) groups excluding carboxylic acids is 1. The number of hydrogen-bond acceptors (Lipinski definition) is 4. The number of rotatable bonds is 3. The Labute approximate surface area is 118 Å².